The molecule has 2 aliphatic carbocycles. The Labute approximate surface area is 144 Å². The molecule has 0 spiro atoms. The Morgan fingerprint density at radius 1 is 0.857 bits per heavy atom. The first kappa shape index (κ1) is 17.4. The first-order chi connectivity index (χ1) is 9.49. The SMILES string of the molecule is CC(C)(C1(O)C=C(Cl)C=C(Cl)C1)C1(O)C=C(Cl)C=C(Cl)C1. The maximum absolute atomic E-state index is 11.0. The number of hydrogen-bond donors (Lipinski definition) is 2. The normalized spacial score (nSPS) is 33.9. The van der Waals surface area contributed by atoms with E-state index in [9.17, 15) is 10.2 Å². The molecule has 2 nitrogen and oxygen atoms in total. The van der Waals surface area contributed by atoms with Gasteiger partial charge in [0, 0.05) is 38.4 Å². The first-order valence-corrected chi connectivity index (χ1v) is 7.94. The number of rotatable bonds is 2. The van der Waals surface area contributed by atoms with Gasteiger partial charge in [-0.1, -0.05) is 60.3 Å². The quantitative estimate of drug-likeness (QED) is 0.735. The molecule has 0 aromatic carbocycles. The van der Waals surface area contributed by atoms with Crippen molar-refractivity contribution < 1.29 is 10.2 Å². The summed E-state index contributed by atoms with van der Waals surface area (Å²) in [5.41, 5.74) is -3.87. The molecule has 0 aromatic rings. The van der Waals surface area contributed by atoms with Gasteiger partial charge in [-0.3, -0.25) is 0 Å². The summed E-state index contributed by atoms with van der Waals surface area (Å²) in [6, 6.07) is 0. The second-order valence-electron chi connectivity index (χ2n) is 6.07. The van der Waals surface area contributed by atoms with E-state index in [-0.39, 0.29) is 12.8 Å². The summed E-state index contributed by atoms with van der Waals surface area (Å²) in [5.74, 6) is 0. The summed E-state index contributed by atoms with van der Waals surface area (Å²) < 4.78 is 0. The molecule has 6 heteroatoms. The molecule has 21 heavy (non-hydrogen) atoms. The number of hydrogen-bond acceptors (Lipinski definition) is 2. The Morgan fingerprint density at radius 3 is 1.48 bits per heavy atom. The zero-order valence-corrected chi connectivity index (χ0v) is 14.7. The van der Waals surface area contributed by atoms with Gasteiger partial charge in [0.05, 0.1) is 11.2 Å². The van der Waals surface area contributed by atoms with Crippen LogP contribution < -0.4 is 0 Å². The lowest BCUT2D eigenvalue weighted by Crippen LogP contribution is -2.58. The van der Waals surface area contributed by atoms with Crippen LogP contribution in [0, 0.1) is 5.41 Å². The van der Waals surface area contributed by atoms with Crippen molar-refractivity contribution in [2.45, 2.75) is 37.9 Å². The van der Waals surface area contributed by atoms with Gasteiger partial charge in [-0.05, 0) is 24.3 Å². The topological polar surface area (TPSA) is 40.5 Å². The van der Waals surface area contributed by atoms with Crippen molar-refractivity contribution in [3.63, 3.8) is 0 Å². The van der Waals surface area contributed by atoms with Gasteiger partial charge in [0.2, 0.25) is 0 Å². The van der Waals surface area contributed by atoms with Crippen LogP contribution in [0.2, 0.25) is 0 Å². The second kappa shape index (κ2) is 5.59. The molecule has 0 saturated carbocycles. The summed E-state index contributed by atoms with van der Waals surface area (Å²) in [6.07, 6.45) is 6.49. The average molecular weight is 370 g/mol. The standard InChI is InChI=1S/C15H16Cl4O2/c1-13(2,14(20)5-9(16)3-10(17)6-14)15(21)7-11(18)4-12(19)8-15/h3-5,7,20-21H,6,8H2,1-2H3. The third kappa shape index (κ3) is 3.08. The van der Waals surface area contributed by atoms with Gasteiger partial charge in [-0.25, -0.2) is 0 Å². The highest BCUT2D eigenvalue weighted by Gasteiger charge is 2.56. The molecule has 0 aliphatic heterocycles. The fourth-order valence-electron chi connectivity index (χ4n) is 2.74. The van der Waals surface area contributed by atoms with E-state index < -0.39 is 16.6 Å². The highest BCUT2D eigenvalue weighted by atomic mass is 35.5. The van der Waals surface area contributed by atoms with Gasteiger partial charge in [0.15, 0.2) is 0 Å². The van der Waals surface area contributed by atoms with E-state index >= 15 is 0 Å². The van der Waals surface area contributed by atoms with Gasteiger partial charge >= 0.3 is 0 Å². The monoisotopic (exact) mass is 368 g/mol. The highest BCUT2D eigenvalue weighted by molar-refractivity contribution is 6.35. The molecule has 2 unspecified atom stereocenters. The summed E-state index contributed by atoms with van der Waals surface area (Å²) in [7, 11) is 0. The first-order valence-electron chi connectivity index (χ1n) is 6.43. The van der Waals surface area contributed by atoms with Crippen LogP contribution >= 0.6 is 46.4 Å². The van der Waals surface area contributed by atoms with E-state index in [1.807, 2.05) is 0 Å². The Morgan fingerprint density at radius 2 is 1.19 bits per heavy atom. The number of halogens is 4. The molecule has 0 bridgehead atoms. The predicted octanol–water partition coefficient (Wildman–Crippen LogP) is 4.77. The van der Waals surface area contributed by atoms with E-state index in [1.165, 1.54) is 12.2 Å². The highest BCUT2D eigenvalue weighted by Crippen LogP contribution is 2.52. The van der Waals surface area contributed by atoms with Crippen molar-refractivity contribution in [3.05, 3.63) is 44.4 Å². The minimum atomic E-state index is -1.42. The van der Waals surface area contributed by atoms with Crippen LogP contribution in [0.4, 0.5) is 0 Å². The molecule has 2 N–H and O–H groups in total. The van der Waals surface area contributed by atoms with Gasteiger partial charge in [0.25, 0.3) is 0 Å². The molecule has 2 atom stereocenters. The van der Waals surface area contributed by atoms with Crippen LogP contribution in [-0.2, 0) is 0 Å². The summed E-state index contributed by atoms with van der Waals surface area (Å²) >= 11 is 24.2. The lowest BCUT2D eigenvalue weighted by Gasteiger charge is -2.51. The molecule has 2 rings (SSSR count). The largest absolute Gasteiger partial charge is 0.385 e. The van der Waals surface area contributed by atoms with Crippen LogP contribution in [0.5, 0.6) is 0 Å². The molecule has 2 aliphatic rings. The Bertz CT molecular complexity index is 538. The minimum absolute atomic E-state index is 0.160. The number of allylic oxidation sites excluding steroid dienone is 4. The molecule has 116 valence electrons. The fraction of sp³-hybridized carbons (Fsp3) is 0.467. The Hall–Kier alpha value is 0.0400. The Balaban J connectivity index is 2.48. The van der Waals surface area contributed by atoms with E-state index in [4.69, 9.17) is 46.4 Å². The van der Waals surface area contributed by atoms with Crippen molar-refractivity contribution in [2.24, 2.45) is 5.41 Å². The Kier molecular flexibility index (Phi) is 4.63. The molecular weight excluding hydrogens is 354 g/mol. The van der Waals surface area contributed by atoms with Gasteiger partial charge in [-0.2, -0.15) is 0 Å². The molecule has 0 fully saturated rings. The van der Waals surface area contributed by atoms with E-state index in [0.717, 1.165) is 0 Å². The van der Waals surface area contributed by atoms with Crippen molar-refractivity contribution in [2.75, 3.05) is 0 Å². The van der Waals surface area contributed by atoms with Gasteiger partial charge in [0.1, 0.15) is 0 Å². The molecule has 0 amide bonds. The van der Waals surface area contributed by atoms with Crippen LogP contribution in [0.1, 0.15) is 26.7 Å². The van der Waals surface area contributed by atoms with Crippen molar-refractivity contribution in [1.82, 2.24) is 0 Å². The smallest absolute Gasteiger partial charge is 0.0975 e. The van der Waals surface area contributed by atoms with Crippen LogP contribution in [0.3, 0.4) is 0 Å². The summed E-state index contributed by atoms with van der Waals surface area (Å²) in [5, 5.41) is 23.6. The maximum atomic E-state index is 11.0. The average Bonchev–Trinajstić information content (AvgIpc) is 2.24. The van der Waals surface area contributed by atoms with Crippen LogP contribution in [-0.4, -0.2) is 21.4 Å². The van der Waals surface area contributed by atoms with Crippen LogP contribution in [0.15, 0.2) is 44.4 Å². The molecule has 0 aromatic heterocycles. The fourth-order valence-corrected chi connectivity index (χ4v) is 4.11. The predicted molar refractivity (Wildman–Crippen MR) is 88.7 cm³/mol. The third-order valence-electron chi connectivity index (χ3n) is 4.38. The van der Waals surface area contributed by atoms with Crippen molar-refractivity contribution in [3.8, 4) is 0 Å². The zero-order valence-electron chi connectivity index (χ0n) is 11.6. The zero-order chi connectivity index (χ0) is 16.1. The molecule has 0 heterocycles. The minimum Gasteiger partial charge on any atom is -0.385 e. The summed E-state index contributed by atoms with van der Waals surface area (Å²) in [6.45, 7) is 3.47. The van der Waals surface area contributed by atoms with Crippen molar-refractivity contribution in [1.29, 1.82) is 0 Å². The van der Waals surface area contributed by atoms with Gasteiger partial charge in [-0.15, -0.1) is 0 Å². The molecular formula is C15H16Cl4O2. The number of aliphatic hydroxyl groups is 2. The maximum Gasteiger partial charge on any atom is 0.0975 e. The van der Waals surface area contributed by atoms with E-state index in [0.29, 0.717) is 20.1 Å². The molecule has 0 saturated heterocycles. The van der Waals surface area contributed by atoms with E-state index in [2.05, 4.69) is 0 Å². The van der Waals surface area contributed by atoms with Crippen molar-refractivity contribution >= 4 is 46.4 Å². The van der Waals surface area contributed by atoms with E-state index in [1.54, 1.807) is 26.0 Å². The lowest BCUT2D eigenvalue weighted by molar-refractivity contribution is -0.133. The summed E-state index contributed by atoms with van der Waals surface area (Å²) in [4.78, 5) is 0. The second-order valence-corrected chi connectivity index (χ2v) is 7.91. The molecule has 0 radical (unpaired) electrons. The third-order valence-corrected chi connectivity index (χ3v) is 5.31. The lowest BCUT2D eigenvalue weighted by atomic mass is 9.60. The van der Waals surface area contributed by atoms with Gasteiger partial charge < -0.3 is 10.2 Å². The van der Waals surface area contributed by atoms with Crippen LogP contribution in [0.25, 0.3) is 0 Å².